The Hall–Kier alpha value is -2.77. The van der Waals surface area contributed by atoms with Crippen molar-refractivity contribution in [1.29, 1.82) is 0 Å². The maximum absolute atomic E-state index is 13.2. The van der Waals surface area contributed by atoms with Crippen LogP contribution in [-0.2, 0) is 9.53 Å². The summed E-state index contributed by atoms with van der Waals surface area (Å²) in [5.41, 5.74) is 0.794. The molecule has 2 saturated heterocycles. The molecular weight excluding hydrogens is 482 g/mol. The molecule has 3 aliphatic rings. The summed E-state index contributed by atoms with van der Waals surface area (Å²) in [6.45, 7) is 5.61. The number of nitrogens with zero attached hydrogens (tertiary/aromatic N) is 1. The molecule has 7 nitrogen and oxygen atoms in total. The third-order valence-electron chi connectivity index (χ3n) is 7.84. The van der Waals surface area contributed by atoms with E-state index in [1.165, 1.54) is 0 Å². The number of likely N-dealkylation sites (tertiary alicyclic amines) is 1. The maximum Gasteiger partial charge on any atom is 0.303 e. The molecule has 2 fully saturated rings. The van der Waals surface area contributed by atoms with Crippen molar-refractivity contribution in [3.63, 3.8) is 0 Å². The van der Waals surface area contributed by atoms with Gasteiger partial charge in [0.15, 0.2) is 11.5 Å². The lowest BCUT2D eigenvalue weighted by molar-refractivity contribution is -0.191. The maximum atomic E-state index is 13.2. The fourth-order valence-corrected chi connectivity index (χ4v) is 6.22. The van der Waals surface area contributed by atoms with E-state index in [9.17, 15) is 14.7 Å². The summed E-state index contributed by atoms with van der Waals surface area (Å²) in [4.78, 5) is 26.6. The third kappa shape index (κ3) is 4.66. The van der Waals surface area contributed by atoms with Crippen LogP contribution in [0.15, 0.2) is 42.5 Å². The van der Waals surface area contributed by atoms with Crippen molar-refractivity contribution >= 4 is 23.5 Å². The Balaban J connectivity index is 1.43. The van der Waals surface area contributed by atoms with Crippen LogP contribution in [0, 0.1) is 11.8 Å². The lowest BCUT2D eigenvalue weighted by Crippen LogP contribution is -2.57. The van der Waals surface area contributed by atoms with Gasteiger partial charge in [-0.1, -0.05) is 29.8 Å². The first-order valence-corrected chi connectivity index (χ1v) is 13.0. The fraction of sp³-hybridized carbons (Fsp3) is 0.500. The van der Waals surface area contributed by atoms with E-state index < -0.39 is 11.6 Å². The predicted octanol–water partition coefficient (Wildman–Crippen LogP) is 5.36. The molecule has 0 spiro atoms. The smallest absolute Gasteiger partial charge is 0.303 e. The molecule has 3 heterocycles. The summed E-state index contributed by atoms with van der Waals surface area (Å²) in [7, 11) is 0. The zero-order chi connectivity index (χ0) is 25.4. The first kappa shape index (κ1) is 24.9. The van der Waals surface area contributed by atoms with Gasteiger partial charge in [0.25, 0.3) is 5.91 Å². The Kier molecular flexibility index (Phi) is 6.88. The van der Waals surface area contributed by atoms with E-state index in [1.807, 2.05) is 36.9 Å². The van der Waals surface area contributed by atoms with Gasteiger partial charge >= 0.3 is 5.97 Å². The lowest BCUT2D eigenvalue weighted by Gasteiger charge is -2.54. The number of para-hydroxylation sites is 1. The molecule has 0 bridgehead atoms. The minimum Gasteiger partial charge on any atom is -0.490 e. The Morgan fingerprint density at radius 1 is 1.25 bits per heavy atom. The molecule has 0 aliphatic carbocycles. The number of amides is 1. The standard InChI is InChI=1S/C28H32ClNO6/c1-3-34-23-9-5-8-20-25-21(28(2,36-26(20)23)12-10-24(31)32)15-18-16-30(13-11-22(18)35-25)27(33)17-6-4-7-19(29)14-17/h4-9,14,18,21-22,25H,3,10-13,15-16H2,1-2H3,(H,31,32)/t18-,21-,22-,25+,28+/m1/s1. The van der Waals surface area contributed by atoms with Crippen molar-refractivity contribution in [3.05, 3.63) is 58.6 Å². The van der Waals surface area contributed by atoms with Crippen LogP contribution in [0.4, 0.5) is 0 Å². The molecule has 1 N–H and O–H groups in total. The van der Waals surface area contributed by atoms with E-state index in [0.29, 0.717) is 48.2 Å². The fourth-order valence-electron chi connectivity index (χ4n) is 6.03. The normalized spacial score (nSPS) is 28.8. The van der Waals surface area contributed by atoms with Crippen LogP contribution in [0.25, 0.3) is 0 Å². The van der Waals surface area contributed by atoms with E-state index in [1.54, 1.807) is 24.3 Å². The Morgan fingerprint density at radius 2 is 2.06 bits per heavy atom. The quantitative estimate of drug-likeness (QED) is 0.559. The largest absolute Gasteiger partial charge is 0.490 e. The molecule has 0 aromatic heterocycles. The van der Waals surface area contributed by atoms with E-state index in [-0.39, 0.29) is 36.4 Å². The first-order chi connectivity index (χ1) is 17.3. The third-order valence-corrected chi connectivity index (χ3v) is 8.07. The van der Waals surface area contributed by atoms with Crippen LogP contribution in [0.3, 0.4) is 0 Å². The number of aliphatic carboxylic acids is 1. The second-order valence-electron chi connectivity index (χ2n) is 10.2. The van der Waals surface area contributed by atoms with Gasteiger partial charge in [0.1, 0.15) is 5.60 Å². The number of carbonyl (C=O) groups excluding carboxylic acids is 1. The van der Waals surface area contributed by atoms with Gasteiger partial charge in [-0.25, -0.2) is 0 Å². The molecule has 0 radical (unpaired) electrons. The summed E-state index contributed by atoms with van der Waals surface area (Å²) in [6, 6.07) is 12.9. The van der Waals surface area contributed by atoms with E-state index in [2.05, 4.69) is 0 Å². The van der Waals surface area contributed by atoms with Gasteiger partial charge in [-0.15, -0.1) is 0 Å². The summed E-state index contributed by atoms with van der Waals surface area (Å²) in [5, 5.41) is 9.97. The van der Waals surface area contributed by atoms with Crippen LogP contribution in [0.2, 0.25) is 5.02 Å². The van der Waals surface area contributed by atoms with Crippen molar-refractivity contribution in [2.45, 2.75) is 57.3 Å². The number of ether oxygens (including phenoxy) is 3. The number of rotatable bonds is 6. The van der Waals surface area contributed by atoms with Crippen LogP contribution < -0.4 is 9.47 Å². The number of hydrogen-bond acceptors (Lipinski definition) is 5. The molecule has 0 unspecified atom stereocenters. The van der Waals surface area contributed by atoms with Crippen LogP contribution in [0.1, 0.15) is 61.6 Å². The van der Waals surface area contributed by atoms with Crippen molar-refractivity contribution < 1.29 is 28.9 Å². The van der Waals surface area contributed by atoms with E-state index in [0.717, 1.165) is 18.4 Å². The predicted molar refractivity (Wildman–Crippen MR) is 135 cm³/mol. The molecule has 0 saturated carbocycles. The minimum atomic E-state index is -0.856. The number of halogens is 1. The van der Waals surface area contributed by atoms with Crippen LogP contribution in [0.5, 0.6) is 11.5 Å². The average Bonchev–Trinajstić information content (AvgIpc) is 2.87. The molecule has 2 aromatic rings. The van der Waals surface area contributed by atoms with Crippen molar-refractivity contribution in [2.24, 2.45) is 11.8 Å². The highest BCUT2D eigenvalue weighted by Gasteiger charge is 2.54. The Bertz CT molecular complexity index is 1150. The van der Waals surface area contributed by atoms with Gasteiger partial charge in [0, 0.05) is 47.5 Å². The van der Waals surface area contributed by atoms with E-state index in [4.69, 9.17) is 25.8 Å². The van der Waals surface area contributed by atoms with Gasteiger partial charge in [-0.2, -0.15) is 0 Å². The first-order valence-electron chi connectivity index (χ1n) is 12.7. The number of fused-ring (bicyclic) bond motifs is 4. The molecule has 8 heteroatoms. The summed E-state index contributed by atoms with van der Waals surface area (Å²) in [5.74, 6) is 0.503. The average molecular weight is 514 g/mol. The molecule has 1 amide bonds. The molecule has 36 heavy (non-hydrogen) atoms. The molecule has 2 aromatic carbocycles. The summed E-state index contributed by atoms with van der Waals surface area (Å²) >= 11 is 6.11. The molecule has 5 atom stereocenters. The van der Waals surface area contributed by atoms with Gasteiger partial charge < -0.3 is 24.2 Å². The summed E-state index contributed by atoms with van der Waals surface area (Å²) < 4.78 is 19.2. The zero-order valence-electron chi connectivity index (χ0n) is 20.6. The Labute approximate surface area is 216 Å². The van der Waals surface area contributed by atoms with Gasteiger partial charge in [0.2, 0.25) is 0 Å². The van der Waals surface area contributed by atoms with Crippen molar-refractivity contribution in [2.75, 3.05) is 19.7 Å². The highest BCUT2D eigenvalue weighted by molar-refractivity contribution is 6.30. The van der Waals surface area contributed by atoms with Crippen molar-refractivity contribution in [1.82, 2.24) is 4.90 Å². The number of piperidine rings is 1. The van der Waals surface area contributed by atoms with Crippen molar-refractivity contribution in [3.8, 4) is 11.5 Å². The molecule has 192 valence electrons. The zero-order valence-corrected chi connectivity index (χ0v) is 21.4. The van der Waals surface area contributed by atoms with Gasteiger partial charge in [0.05, 0.1) is 18.8 Å². The monoisotopic (exact) mass is 513 g/mol. The second kappa shape index (κ2) is 9.94. The Morgan fingerprint density at radius 3 is 2.81 bits per heavy atom. The van der Waals surface area contributed by atoms with Crippen LogP contribution in [-0.4, -0.2) is 53.3 Å². The lowest BCUT2D eigenvalue weighted by atomic mass is 9.68. The number of carbonyl (C=O) groups is 2. The topological polar surface area (TPSA) is 85.3 Å². The molecule has 3 aliphatic heterocycles. The van der Waals surface area contributed by atoms with Gasteiger partial charge in [-0.05, 0) is 57.4 Å². The molecule has 5 rings (SSSR count). The van der Waals surface area contributed by atoms with Crippen LogP contribution >= 0.6 is 11.6 Å². The minimum absolute atomic E-state index is 0.000667. The van der Waals surface area contributed by atoms with Gasteiger partial charge in [-0.3, -0.25) is 9.59 Å². The summed E-state index contributed by atoms with van der Waals surface area (Å²) in [6.07, 6.45) is 1.68. The number of carboxylic acid groups (broad SMARTS) is 1. The SMILES string of the molecule is CCOc1cccc2c1O[C@@](C)(CCC(=O)O)[C@@H]1C[C@@H]3CN(C(=O)c4cccc(Cl)c4)CC[C@H]3O[C@@H]21. The number of benzene rings is 2. The highest BCUT2D eigenvalue weighted by Crippen LogP contribution is 2.56. The van der Waals surface area contributed by atoms with E-state index >= 15 is 0 Å². The second-order valence-corrected chi connectivity index (χ2v) is 10.6. The highest BCUT2D eigenvalue weighted by atomic mass is 35.5. The number of hydrogen-bond donors (Lipinski definition) is 1. The number of carboxylic acids is 1. The molecular formula is C28H32ClNO6.